The number of ether oxygens (including phenoxy) is 2. The summed E-state index contributed by atoms with van der Waals surface area (Å²) in [5, 5.41) is 7.61. The molecule has 0 radical (unpaired) electrons. The maximum Gasteiger partial charge on any atom is 0.527 e. The van der Waals surface area contributed by atoms with Gasteiger partial charge >= 0.3 is 36.6 Å². The predicted molar refractivity (Wildman–Crippen MR) is 40.7 cm³/mol. The van der Waals surface area contributed by atoms with Crippen molar-refractivity contribution in [2.24, 2.45) is 0 Å². The van der Waals surface area contributed by atoms with Crippen LogP contribution < -0.4 is 6.15 Å². The molecule has 0 aliphatic heterocycles. The summed E-state index contributed by atoms with van der Waals surface area (Å²) in [5.74, 6) is -10.9. The lowest BCUT2D eigenvalue weighted by molar-refractivity contribution is -0.521. The van der Waals surface area contributed by atoms with Gasteiger partial charge in [0.1, 0.15) is 0 Å². The number of hydrogen-bond acceptors (Lipinski definition) is 4. The Hall–Kier alpha value is -1.42. The lowest BCUT2D eigenvalue weighted by Gasteiger charge is -2.32. The summed E-state index contributed by atoms with van der Waals surface area (Å²) in [6.07, 6.45) is -26.7. The number of aliphatic carboxylic acids is 1. The van der Waals surface area contributed by atoms with Crippen LogP contribution in [0.5, 0.6) is 0 Å². The van der Waals surface area contributed by atoms with E-state index >= 15 is 0 Å². The molecule has 5 nitrogen and oxygen atoms in total. The number of rotatable bonds is 6. The van der Waals surface area contributed by atoms with Gasteiger partial charge in [0, 0.05) is 0 Å². The Morgan fingerprint density at radius 1 is 0.727 bits per heavy atom. The van der Waals surface area contributed by atoms with Crippen molar-refractivity contribution in [2.45, 2.75) is 30.6 Å². The van der Waals surface area contributed by atoms with Crippen molar-refractivity contribution < 1.29 is 67.7 Å². The van der Waals surface area contributed by atoms with Gasteiger partial charge in [0.25, 0.3) is 0 Å². The van der Waals surface area contributed by atoms with Gasteiger partial charge < -0.3 is 11.3 Å². The van der Waals surface area contributed by atoms with Crippen LogP contribution in [-0.4, -0.2) is 41.7 Å². The lowest BCUT2D eigenvalue weighted by Crippen LogP contribution is -2.60. The molecule has 16 heteroatoms. The summed E-state index contributed by atoms with van der Waals surface area (Å²) in [6.45, 7) is 0. The molecule has 0 amide bonds. The fourth-order valence-electron chi connectivity index (χ4n) is 0.648. The van der Waals surface area contributed by atoms with Gasteiger partial charge in [-0.25, -0.2) is 14.3 Å². The van der Waals surface area contributed by atoms with Gasteiger partial charge in [0.2, 0.25) is 0 Å². The minimum Gasteiger partial charge on any atom is -0.475 e. The summed E-state index contributed by atoms with van der Waals surface area (Å²) in [4.78, 5) is 9.65. The van der Waals surface area contributed by atoms with Crippen LogP contribution in [0.15, 0.2) is 0 Å². The van der Waals surface area contributed by atoms with Crippen LogP contribution in [0.3, 0.4) is 0 Å². The van der Waals surface area contributed by atoms with E-state index in [1.807, 2.05) is 0 Å². The quantitative estimate of drug-likeness (QED) is 0.708. The standard InChI is InChI=1S/C6HF11O4.H3N/c7-2(8,1(18)19)20-4(11,12)3(9,10)5(13,14)21-6(15,16)17;/h(H,18,19);1H3. The Bertz CT molecular complexity index is 406. The zero-order valence-corrected chi connectivity index (χ0v) is 9.54. The largest absolute Gasteiger partial charge is 0.527 e. The zero-order valence-electron chi connectivity index (χ0n) is 9.54. The first-order chi connectivity index (χ1) is 8.86. The SMILES string of the molecule is N.O=C(O)C(F)(F)OC(F)(F)C(F)(F)C(F)(F)OC(F)(F)F. The molecular weight excluding hydrogens is 359 g/mol. The first kappa shape index (κ1) is 22.9. The Morgan fingerprint density at radius 2 is 1.05 bits per heavy atom. The number of carboxylic acids is 1. The van der Waals surface area contributed by atoms with Crippen LogP contribution in [0.25, 0.3) is 0 Å². The molecule has 0 bridgehead atoms. The van der Waals surface area contributed by atoms with Gasteiger partial charge in [0.15, 0.2) is 0 Å². The van der Waals surface area contributed by atoms with Crippen LogP contribution in [-0.2, 0) is 14.3 Å². The lowest BCUT2D eigenvalue weighted by atomic mass is 10.3. The molecule has 0 spiro atoms. The van der Waals surface area contributed by atoms with E-state index in [1.54, 1.807) is 4.74 Å². The molecule has 22 heavy (non-hydrogen) atoms. The molecule has 0 rings (SSSR count). The van der Waals surface area contributed by atoms with Gasteiger partial charge in [-0.05, 0) is 0 Å². The van der Waals surface area contributed by atoms with Crippen molar-refractivity contribution in [3.05, 3.63) is 0 Å². The van der Waals surface area contributed by atoms with Crippen molar-refractivity contribution in [1.82, 2.24) is 6.15 Å². The topological polar surface area (TPSA) is 90.8 Å². The molecule has 4 N–H and O–H groups in total. The average molecular weight is 363 g/mol. The van der Waals surface area contributed by atoms with E-state index in [-0.39, 0.29) is 6.15 Å². The highest BCUT2D eigenvalue weighted by Gasteiger charge is 2.78. The Labute approximate surface area is 112 Å². The summed E-state index contributed by atoms with van der Waals surface area (Å²) < 4.78 is 136. The third kappa shape index (κ3) is 4.80. The van der Waals surface area contributed by atoms with E-state index < -0.39 is 36.6 Å². The highest BCUT2D eigenvalue weighted by Crippen LogP contribution is 2.50. The van der Waals surface area contributed by atoms with Crippen LogP contribution >= 0.6 is 0 Å². The van der Waals surface area contributed by atoms with Crippen molar-refractivity contribution in [3.8, 4) is 0 Å². The number of carboxylic acid groups (broad SMARTS) is 1. The molecule has 0 atom stereocenters. The Morgan fingerprint density at radius 3 is 1.32 bits per heavy atom. The first-order valence-electron chi connectivity index (χ1n) is 4.07. The van der Waals surface area contributed by atoms with Crippen molar-refractivity contribution >= 4 is 5.97 Å². The monoisotopic (exact) mass is 363 g/mol. The minimum atomic E-state index is -7.28. The average Bonchev–Trinajstić information content (AvgIpc) is 2.10. The highest BCUT2D eigenvalue weighted by molar-refractivity contribution is 5.73. The highest BCUT2D eigenvalue weighted by atomic mass is 19.4. The molecule has 0 saturated heterocycles. The maximum atomic E-state index is 12.5. The summed E-state index contributed by atoms with van der Waals surface area (Å²) in [5.41, 5.74) is 0. The van der Waals surface area contributed by atoms with E-state index in [1.165, 1.54) is 4.74 Å². The van der Waals surface area contributed by atoms with E-state index in [0.29, 0.717) is 0 Å². The summed E-state index contributed by atoms with van der Waals surface area (Å²) >= 11 is 0. The molecule has 134 valence electrons. The van der Waals surface area contributed by atoms with Crippen LogP contribution in [0.1, 0.15) is 0 Å². The second-order valence-electron chi connectivity index (χ2n) is 3.08. The molecule has 0 fully saturated rings. The van der Waals surface area contributed by atoms with E-state index in [2.05, 4.69) is 0 Å². The van der Waals surface area contributed by atoms with E-state index in [0.717, 1.165) is 0 Å². The summed E-state index contributed by atoms with van der Waals surface area (Å²) in [6, 6.07) is 0. The van der Waals surface area contributed by atoms with Crippen molar-refractivity contribution in [2.75, 3.05) is 0 Å². The van der Waals surface area contributed by atoms with Crippen molar-refractivity contribution in [1.29, 1.82) is 0 Å². The number of alkyl halides is 11. The normalized spacial score (nSPS) is 14.5. The van der Waals surface area contributed by atoms with Gasteiger partial charge in [-0.1, -0.05) is 0 Å². The molecule has 0 aromatic rings. The number of hydrogen-bond donors (Lipinski definition) is 2. The molecule has 0 aromatic heterocycles. The van der Waals surface area contributed by atoms with Crippen LogP contribution in [0.2, 0.25) is 0 Å². The molecule has 0 aliphatic carbocycles. The summed E-state index contributed by atoms with van der Waals surface area (Å²) in [7, 11) is 0. The molecule has 0 saturated carbocycles. The molecule has 0 heterocycles. The second-order valence-corrected chi connectivity index (χ2v) is 3.08. The first-order valence-corrected chi connectivity index (χ1v) is 4.07. The van der Waals surface area contributed by atoms with Crippen molar-refractivity contribution in [3.63, 3.8) is 0 Å². The smallest absolute Gasteiger partial charge is 0.475 e. The third-order valence-corrected chi connectivity index (χ3v) is 1.48. The maximum absolute atomic E-state index is 12.5. The fraction of sp³-hybridized carbons (Fsp3) is 0.833. The van der Waals surface area contributed by atoms with Gasteiger partial charge in [-0.15, -0.1) is 13.2 Å². The Kier molecular flexibility index (Phi) is 6.23. The van der Waals surface area contributed by atoms with E-state index in [9.17, 15) is 53.1 Å². The van der Waals surface area contributed by atoms with Crippen LogP contribution in [0, 0.1) is 0 Å². The molecule has 0 unspecified atom stereocenters. The van der Waals surface area contributed by atoms with Crippen LogP contribution in [0.4, 0.5) is 48.3 Å². The van der Waals surface area contributed by atoms with Gasteiger partial charge in [-0.2, -0.15) is 35.1 Å². The third-order valence-electron chi connectivity index (χ3n) is 1.48. The van der Waals surface area contributed by atoms with Gasteiger partial charge in [0.05, 0.1) is 0 Å². The predicted octanol–water partition coefficient (Wildman–Crippen LogP) is 3.20. The zero-order chi connectivity index (χ0) is 17.5. The molecule has 0 aliphatic rings. The second kappa shape index (κ2) is 5.99. The Balaban J connectivity index is 0. The van der Waals surface area contributed by atoms with E-state index in [4.69, 9.17) is 5.11 Å². The number of carbonyl (C=O) groups is 1. The fourth-order valence-corrected chi connectivity index (χ4v) is 0.648. The number of halogens is 11. The van der Waals surface area contributed by atoms with Gasteiger partial charge in [-0.3, -0.25) is 0 Å². The molecule has 0 aromatic carbocycles. The minimum absolute atomic E-state index is 0. The molecular formula is C6H4F11NO4.